The van der Waals surface area contributed by atoms with Crippen molar-refractivity contribution in [1.29, 1.82) is 0 Å². The first-order valence-electron chi connectivity index (χ1n) is 11.2. The number of hydrogen-bond acceptors (Lipinski definition) is 3. The van der Waals surface area contributed by atoms with Gasteiger partial charge in [-0.3, -0.25) is 9.59 Å². The van der Waals surface area contributed by atoms with Crippen LogP contribution in [0.4, 0.5) is 0 Å². The summed E-state index contributed by atoms with van der Waals surface area (Å²) in [6.07, 6.45) is 2.07. The predicted octanol–water partition coefficient (Wildman–Crippen LogP) is 3.97. The maximum absolute atomic E-state index is 13.9. The van der Waals surface area contributed by atoms with Gasteiger partial charge < -0.3 is 19.1 Å². The Hall–Kier alpha value is -3.12. The van der Waals surface area contributed by atoms with Gasteiger partial charge in [0.15, 0.2) is 0 Å². The van der Waals surface area contributed by atoms with E-state index in [-0.39, 0.29) is 11.8 Å². The van der Waals surface area contributed by atoms with Crippen molar-refractivity contribution in [2.45, 2.75) is 25.8 Å². The van der Waals surface area contributed by atoms with E-state index in [1.807, 2.05) is 67.1 Å². The number of carbonyl (C=O) groups excluding carboxylic acids is 2. The number of carbonyl (C=O) groups is 2. The van der Waals surface area contributed by atoms with Crippen molar-refractivity contribution in [3.63, 3.8) is 0 Å². The number of amides is 2. The minimum Gasteiger partial charge on any atom is -0.383 e. The lowest BCUT2D eigenvalue weighted by atomic mass is 9.78. The molecule has 6 heteroatoms. The van der Waals surface area contributed by atoms with E-state index in [4.69, 9.17) is 4.74 Å². The van der Waals surface area contributed by atoms with E-state index in [1.165, 1.54) is 0 Å². The first-order chi connectivity index (χ1) is 15.5. The van der Waals surface area contributed by atoms with E-state index < -0.39 is 12.0 Å². The molecule has 0 fully saturated rings. The molecule has 2 aromatic carbocycles. The highest BCUT2D eigenvalue weighted by molar-refractivity contribution is 6.02. The Morgan fingerprint density at radius 2 is 1.72 bits per heavy atom. The van der Waals surface area contributed by atoms with Crippen molar-refractivity contribution in [3.8, 4) is 0 Å². The second kappa shape index (κ2) is 9.17. The van der Waals surface area contributed by atoms with Crippen LogP contribution in [0.2, 0.25) is 0 Å². The minimum atomic E-state index is -0.480. The average Bonchev–Trinajstić information content (AvgIpc) is 3.15. The molecule has 2 amide bonds. The fraction of sp³-hybridized carbons (Fsp3) is 0.385. The summed E-state index contributed by atoms with van der Waals surface area (Å²) in [5.74, 6) is -0.485. The number of nitrogens with zero attached hydrogens (tertiary/aromatic N) is 3. The number of methoxy groups -OCH3 is 1. The molecule has 32 heavy (non-hydrogen) atoms. The quantitative estimate of drug-likeness (QED) is 0.567. The zero-order chi connectivity index (χ0) is 22.8. The molecular formula is C26H31N3O3. The fourth-order valence-electron chi connectivity index (χ4n) is 4.98. The molecule has 4 rings (SSSR count). The topological polar surface area (TPSA) is 54.8 Å². The van der Waals surface area contributed by atoms with Crippen LogP contribution in [0.25, 0.3) is 10.9 Å². The van der Waals surface area contributed by atoms with Crippen molar-refractivity contribution < 1.29 is 14.3 Å². The summed E-state index contributed by atoms with van der Waals surface area (Å²) < 4.78 is 7.42. The first kappa shape index (κ1) is 22.1. The van der Waals surface area contributed by atoms with Crippen molar-refractivity contribution in [1.82, 2.24) is 14.4 Å². The number of rotatable bonds is 7. The maximum atomic E-state index is 13.9. The first-order valence-corrected chi connectivity index (χ1v) is 11.2. The lowest BCUT2D eigenvalue weighted by molar-refractivity contribution is -0.134. The van der Waals surface area contributed by atoms with E-state index in [0.717, 1.165) is 22.0 Å². The lowest BCUT2D eigenvalue weighted by Gasteiger charge is -2.43. The predicted molar refractivity (Wildman–Crippen MR) is 126 cm³/mol. The number of para-hydroxylation sites is 1. The summed E-state index contributed by atoms with van der Waals surface area (Å²) >= 11 is 0. The second-order valence-corrected chi connectivity index (χ2v) is 8.22. The lowest BCUT2D eigenvalue weighted by Crippen LogP contribution is -2.49. The van der Waals surface area contributed by atoms with Crippen LogP contribution in [0, 0.1) is 0 Å². The summed E-state index contributed by atoms with van der Waals surface area (Å²) in [6, 6.07) is 15.3. The molecule has 0 saturated heterocycles. The molecule has 168 valence electrons. The van der Waals surface area contributed by atoms with Crippen LogP contribution >= 0.6 is 0 Å². The molecule has 0 radical (unpaired) electrons. The summed E-state index contributed by atoms with van der Waals surface area (Å²) in [7, 11) is 3.64. The molecule has 0 spiro atoms. The van der Waals surface area contributed by atoms with Gasteiger partial charge in [0.05, 0.1) is 18.6 Å². The molecule has 3 aromatic rings. The Bertz CT molecular complexity index is 1130. The summed E-state index contributed by atoms with van der Waals surface area (Å²) in [5, 5.41) is 1.06. The molecule has 6 nitrogen and oxygen atoms in total. The van der Waals surface area contributed by atoms with Crippen LogP contribution in [0.1, 0.15) is 47.3 Å². The number of hydrogen-bond donors (Lipinski definition) is 0. The highest BCUT2D eigenvalue weighted by atomic mass is 16.5. The van der Waals surface area contributed by atoms with E-state index in [0.29, 0.717) is 31.8 Å². The SMILES string of the molecule is CCN(CC)C(=O)[C@H]1c2ccccc2C(=O)N(CCOC)[C@H]1c1cn(C)c2ccccc12. The molecule has 1 aliphatic heterocycles. The monoisotopic (exact) mass is 433 g/mol. The van der Waals surface area contributed by atoms with Crippen molar-refractivity contribution in [2.24, 2.45) is 7.05 Å². The molecule has 0 aliphatic carbocycles. The molecule has 0 unspecified atom stereocenters. The van der Waals surface area contributed by atoms with Crippen LogP contribution in [0.3, 0.4) is 0 Å². The molecule has 2 heterocycles. The third-order valence-corrected chi connectivity index (χ3v) is 6.56. The highest BCUT2D eigenvalue weighted by Gasteiger charge is 2.45. The second-order valence-electron chi connectivity index (χ2n) is 8.22. The molecule has 1 aromatic heterocycles. The van der Waals surface area contributed by atoms with Crippen LogP contribution in [0.5, 0.6) is 0 Å². The number of likely N-dealkylation sites (N-methyl/N-ethyl adjacent to an activating group) is 1. The number of benzene rings is 2. The van der Waals surface area contributed by atoms with E-state index in [2.05, 4.69) is 22.9 Å². The summed E-state index contributed by atoms with van der Waals surface area (Å²) in [6.45, 7) is 6.07. The molecule has 1 aliphatic rings. The van der Waals surface area contributed by atoms with Gasteiger partial charge in [-0.15, -0.1) is 0 Å². The Morgan fingerprint density at radius 1 is 1.03 bits per heavy atom. The fourth-order valence-corrected chi connectivity index (χ4v) is 4.98. The van der Waals surface area contributed by atoms with Gasteiger partial charge in [-0.25, -0.2) is 0 Å². The third-order valence-electron chi connectivity index (χ3n) is 6.56. The van der Waals surface area contributed by atoms with E-state index in [1.54, 1.807) is 7.11 Å². The number of ether oxygens (including phenoxy) is 1. The van der Waals surface area contributed by atoms with Gasteiger partial charge in [-0.05, 0) is 31.5 Å². The van der Waals surface area contributed by atoms with Crippen LogP contribution in [-0.4, -0.2) is 59.5 Å². The molecular weight excluding hydrogens is 402 g/mol. The van der Waals surface area contributed by atoms with Gasteiger partial charge in [0.25, 0.3) is 5.91 Å². The summed E-state index contributed by atoms with van der Waals surface area (Å²) in [4.78, 5) is 31.3. The van der Waals surface area contributed by atoms with Gasteiger partial charge in [0.1, 0.15) is 0 Å². The zero-order valence-corrected chi connectivity index (χ0v) is 19.2. The molecule has 0 N–H and O–H groups in total. The highest BCUT2D eigenvalue weighted by Crippen LogP contribution is 2.45. The number of aryl methyl sites for hydroxylation is 1. The van der Waals surface area contributed by atoms with Crippen LogP contribution in [0.15, 0.2) is 54.7 Å². The van der Waals surface area contributed by atoms with E-state index >= 15 is 0 Å². The van der Waals surface area contributed by atoms with Crippen molar-refractivity contribution in [2.75, 3.05) is 33.4 Å². The number of fused-ring (bicyclic) bond motifs is 2. The van der Waals surface area contributed by atoms with Crippen LogP contribution in [-0.2, 0) is 16.6 Å². The van der Waals surface area contributed by atoms with Gasteiger partial charge in [0.2, 0.25) is 5.91 Å². The third kappa shape index (κ3) is 3.58. The van der Waals surface area contributed by atoms with Gasteiger partial charge >= 0.3 is 0 Å². The zero-order valence-electron chi connectivity index (χ0n) is 19.2. The molecule has 0 bridgehead atoms. The smallest absolute Gasteiger partial charge is 0.254 e. The number of aromatic nitrogens is 1. The Kier molecular flexibility index (Phi) is 6.33. The largest absolute Gasteiger partial charge is 0.383 e. The van der Waals surface area contributed by atoms with Crippen molar-refractivity contribution in [3.05, 3.63) is 71.4 Å². The molecule has 2 atom stereocenters. The Morgan fingerprint density at radius 3 is 2.44 bits per heavy atom. The normalized spacial score (nSPS) is 18.1. The van der Waals surface area contributed by atoms with Gasteiger partial charge in [0, 0.05) is 62.0 Å². The molecule has 0 saturated carbocycles. The van der Waals surface area contributed by atoms with Crippen molar-refractivity contribution >= 4 is 22.7 Å². The summed E-state index contributed by atoms with van der Waals surface area (Å²) in [5.41, 5.74) is 3.48. The standard InChI is InChI=1S/C26H31N3O3/c1-5-28(6-2)26(31)23-19-12-7-8-13-20(19)25(30)29(15-16-32-4)24(23)21-17-27(3)22-14-10-9-11-18(21)22/h7-14,17,23-24H,5-6,15-16H2,1-4H3/t23-,24-/m0/s1. The average molecular weight is 434 g/mol. The Labute approximate surface area is 189 Å². The van der Waals surface area contributed by atoms with E-state index in [9.17, 15) is 9.59 Å². The minimum absolute atomic E-state index is 0.0512. The maximum Gasteiger partial charge on any atom is 0.254 e. The van der Waals surface area contributed by atoms with Gasteiger partial charge in [-0.2, -0.15) is 0 Å². The van der Waals surface area contributed by atoms with Crippen LogP contribution < -0.4 is 0 Å². The van der Waals surface area contributed by atoms with Gasteiger partial charge in [-0.1, -0.05) is 36.4 Å². The Balaban J connectivity index is 1.98.